The van der Waals surface area contributed by atoms with Gasteiger partial charge in [0.25, 0.3) is 0 Å². The summed E-state index contributed by atoms with van der Waals surface area (Å²) in [5.74, 6) is -2.56. The first kappa shape index (κ1) is 47.6. The summed E-state index contributed by atoms with van der Waals surface area (Å²) in [6.07, 6.45) is 8.55. The fourth-order valence-electron chi connectivity index (χ4n) is 10.6. The summed E-state index contributed by atoms with van der Waals surface area (Å²) in [5, 5.41) is 34.2. The molecular weight excluding hydrogens is 801 g/mol. The smallest absolute Gasteiger partial charge is 0.316 e. The van der Waals surface area contributed by atoms with E-state index in [4.69, 9.17) is 47.4 Å². The number of rotatable bonds is 8. The van der Waals surface area contributed by atoms with Crippen molar-refractivity contribution in [2.24, 2.45) is 23.7 Å². The van der Waals surface area contributed by atoms with Crippen LogP contribution in [-0.2, 0) is 52.2 Å². The third-order valence-corrected chi connectivity index (χ3v) is 14.5. The quantitative estimate of drug-likeness (QED) is 0.210. The molecule has 0 saturated carbocycles. The van der Waals surface area contributed by atoms with E-state index in [1.165, 1.54) is 0 Å². The standard InChI is InChI=1S/C48H72O14/c1-11-25(2)43-28(5)17-18-47(62-43)23-34-20-33(61-47)16-15-27(4)42(26(3)13-12-14-32-24-55-45-40(49)29(6)19-35(46(51)58-34)48(32,45)52)59-39-22-37(54-10)44(31(8)57-39)60-38-21-36(53-9)41(50)30(7)56-38/h12-15,17-19,25-26,28,30-31,33-45,49-50,52H,11,16,20-24H2,1-10H3/b13-12-,27-15-,32-14-/t25-,26-,28-,30-,31-,33+,34-,35-,36-,37-,38-,39-,40+,41-,42-,43-,44-,45+,47+,48+/m0/s1. The van der Waals surface area contributed by atoms with Gasteiger partial charge in [0.2, 0.25) is 0 Å². The maximum atomic E-state index is 14.3. The summed E-state index contributed by atoms with van der Waals surface area (Å²) >= 11 is 0. The molecule has 20 atom stereocenters. The Morgan fingerprint density at radius 3 is 2.32 bits per heavy atom. The van der Waals surface area contributed by atoms with Gasteiger partial charge in [-0.1, -0.05) is 70.6 Å². The Balaban J connectivity index is 1.18. The van der Waals surface area contributed by atoms with Crippen molar-refractivity contribution in [2.75, 3.05) is 20.8 Å². The van der Waals surface area contributed by atoms with Crippen LogP contribution in [0.2, 0.25) is 0 Å². The van der Waals surface area contributed by atoms with Gasteiger partial charge in [0.05, 0.1) is 49.3 Å². The van der Waals surface area contributed by atoms with E-state index in [2.05, 4.69) is 39.8 Å². The van der Waals surface area contributed by atoms with Crippen LogP contribution in [0.3, 0.4) is 0 Å². The fourth-order valence-corrected chi connectivity index (χ4v) is 10.6. The van der Waals surface area contributed by atoms with E-state index in [-0.39, 0.29) is 42.7 Å². The van der Waals surface area contributed by atoms with Gasteiger partial charge < -0.3 is 62.7 Å². The lowest BCUT2D eigenvalue weighted by Crippen LogP contribution is -2.58. The van der Waals surface area contributed by atoms with Crippen molar-refractivity contribution in [3.8, 4) is 0 Å². The van der Waals surface area contributed by atoms with Gasteiger partial charge in [-0.25, -0.2) is 0 Å². The van der Waals surface area contributed by atoms with Gasteiger partial charge in [-0.3, -0.25) is 4.79 Å². The molecule has 1 aliphatic carbocycles. The number of aliphatic hydroxyl groups is 3. The first-order chi connectivity index (χ1) is 29.5. The maximum Gasteiger partial charge on any atom is 0.316 e. The largest absolute Gasteiger partial charge is 0.462 e. The Labute approximate surface area is 367 Å². The van der Waals surface area contributed by atoms with Crippen molar-refractivity contribution in [2.45, 2.75) is 191 Å². The molecule has 4 fully saturated rings. The lowest BCUT2D eigenvalue weighted by atomic mass is 9.71. The molecule has 2 bridgehead atoms. The minimum absolute atomic E-state index is 0.0317. The van der Waals surface area contributed by atoms with E-state index < -0.39 is 90.8 Å². The van der Waals surface area contributed by atoms with Crippen molar-refractivity contribution in [1.29, 1.82) is 0 Å². The molecule has 348 valence electrons. The number of carbonyl (C=O) groups is 1. The minimum Gasteiger partial charge on any atom is -0.462 e. The molecule has 14 nitrogen and oxygen atoms in total. The Kier molecular flexibility index (Phi) is 15.1. The number of hydrogen-bond acceptors (Lipinski definition) is 14. The summed E-state index contributed by atoms with van der Waals surface area (Å²) in [4.78, 5) is 14.3. The van der Waals surface area contributed by atoms with Crippen molar-refractivity contribution >= 4 is 5.97 Å². The number of esters is 1. The van der Waals surface area contributed by atoms with Gasteiger partial charge >= 0.3 is 5.97 Å². The van der Waals surface area contributed by atoms with E-state index in [0.717, 1.165) is 12.0 Å². The Bertz CT molecular complexity index is 1730. The van der Waals surface area contributed by atoms with Crippen molar-refractivity contribution < 1.29 is 67.5 Å². The van der Waals surface area contributed by atoms with E-state index >= 15 is 0 Å². The average Bonchev–Trinajstić information content (AvgIpc) is 3.58. The van der Waals surface area contributed by atoms with Gasteiger partial charge in [0.1, 0.15) is 42.0 Å². The molecule has 7 rings (SSSR count). The van der Waals surface area contributed by atoms with Crippen LogP contribution in [-0.4, -0.2) is 139 Å². The molecule has 7 aliphatic rings. The number of allylic oxidation sites excluding steroid dienone is 2. The fraction of sp³-hybridized carbons (Fsp3) is 0.771. The first-order valence-electron chi connectivity index (χ1n) is 22.9. The monoisotopic (exact) mass is 872 g/mol. The third kappa shape index (κ3) is 9.64. The number of fused-ring (bicyclic) bond motifs is 2. The zero-order valence-corrected chi connectivity index (χ0v) is 38.2. The van der Waals surface area contributed by atoms with Crippen LogP contribution >= 0.6 is 0 Å². The van der Waals surface area contributed by atoms with Crippen LogP contribution in [0.15, 0.2) is 59.3 Å². The maximum absolute atomic E-state index is 14.3. The molecule has 0 amide bonds. The van der Waals surface area contributed by atoms with Crippen LogP contribution in [0, 0.1) is 23.7 Å². The molecule has 6 aliphatic heterocycles. The number of ether oxygens (including phenoxy) is 10. The Morgan fingerprint density at radius 2 is 1.60 bits per heavy atom. The topological polar surface area (TPSA) is 170 Å². The normalized spacial score (nSPS) is 49.1. The molecule has 4 saturated heterocycles. The lowest BCUT2D eigenvalue weighted by Gasteiger charge is -2.48. The molecule has 62 heavy (non-hydrogen) atoms. The second-order valence-electron chi connectivity index (χ2n) is 19.0. The zero-order chi connectivity index (χ0) is 44.7. The minimum atomic E-state index is -1.84. The summed E-state index contributed by atoms with van der Waals surface area (Å²) in [6.45, 7) is 16.1. The molecule has 0 aromatic heterocycles. The van der Waals surface area contributed by atoms with Crippen LogP contribution in [0.5, 0.6) is 0 Å². The van der Waals surface area contributed by atoms with Gasteiger partial charge in [0.15, 0.2) is 18.4 Å². The zero-order valence-electron chi connectivity index (χ0n) is 38.2. The van der Waals surface area contributed by atoms with E-state index in [1.807, 2.05) is 32.1 Å². The van der Waals surface area contributed by atoms with Crippen LogP contribution < -0.4 is 0 Å². The summed E-state index contributed by atoms with van der Waals surface area (Å²) in [5.41, 5.74) is 0.134. The highest BCUT2D eigenvalue weighted by Crippen LogP contribution is 2.47. The van der Waals surface area contributed by atoms with Crippen LogP contribution in [0.25, 0.3) is 0 Å². The van der Waals surface area contributed by atoms with Gasteiger partial charge in [0, 0.05) is 51.7 Å². The average molecular weight is 873 g/mol. The molecule has 0 unspecified atom stereocenters. The number of aliphatic hydroxyl groups excluding tert-OH is 2. The number of methoxy groups -OCH3 is 2. The van der Waals surface area contributed by atoms with E-state index in [0.29, 0.717) is 43.3 Å². The van der Waals surface area contributed by atoms with E-state index in [9.17, 15) is 20.1 Å². The van der Waals surface area contributed by atoms with Crippen LogP contribution in [0.4, 0.5) is 0 Å². The summed E-state index contributed by atoms with van der Waals surface area (Å²) < 4.78 is 63.7. The van der Waals surface area contributed by atoms with Crippen molar-refractivity contribution in [1.82, 2.24) is 0 Å². The number of carbonyl (C=O) groups excluding carboxylic acids is 1. The van der Waals surface area contributed by atoms with Crippen molar-refractivity contribution in [3.63, 3.8) is 0 Å². The highest BCUT2D eigenvalue weighted by atomic mass is 16.7. The Hall–Kier alpha value is -2.31. The van der Waals surface area contributed by atoms with E-state index in [1.54, 1.807) is 40.2 Å². The second kappa shape index (κ2) is 19.7. The summed E-state index contributed by atoms with van der Waals surface area (Å²) in [6, 6.07) is 0. The molecule has 1 spiro atoms. The summed E-state index contributed by atoms with van der Waals surface area (Å²) in [7, 11) is 3.22. The molecule has 0 aromatic carbocycles. The predicted molar refractivity (Wildman–Crippen MR) is 227 cm³/mol. The lowest BCUT2D eigenvalue weighted by molar-refractivity contribution is -0.318. The third-order valence-electron chi connectivity index (χ3n) is 14.5. The predicted octanol–water partition coefficient (Wildman–Crippen LogP) is 5.38. The molecular formula is C48H72O14. The second-order valence-corrected chi connectivity index (χ2v) is 19.0. The molecule has 6 heterocycles. The van der Waals surface area contributed by atoms with Crippen LogP contribution in [0.1, 0.15) is 93.9 Å². The molecule has 3 N–H and O–H groups in total. The highest BCUT2D eigenvalue weighted by molar-refractivity contribution is 5.78. The van der Waals surface area contributed by atoms with Gasteiger partial charge in [-0.15, -0.1) is 0 Å². The Morgan fingerprint density at radius 1 is 0.887 bits per heavy atom. The molecule has 0 radical (unpaired) electrons. The first-order valence-corrected chi connectivity index (χ1v) is 22.9. The number of hydrogen-bond donors (Lipinski definition) is 3. The van der Waals surface area contributed by atoms with Gasteiger partial charge in [-0.2, -0.15) is 0 Å². The van der Waals surface area contributed by atoms with Crippen molar-refractivity contribution in [3.05, 3.63) is 59.3 Å². The molecule has 0 aromatic rings. The SMILES string of the molecule is CC[C@H](C)[C@@H]1O[C@]2(C=C[C@@H]1C)C[C@@H]1C[C@@H](C/C=C(/C)[C@@H](O[C@H]3C[C@H](OC)[C@@H](O[C@H]4C[C@H](OC)[C@@H](O)[C@H](C)O4)[C@H](C)O3)[C@@H](C)/C=C\C=C3\CO[C@@H]4[C@H](O)C(C)=C[C@@H](C(=O)O1)[C@]34O)O2. The molecule has 14 heteroatoms. The highest BCUT2D eigenvalue weighted by Gasteiger charge is 2.60. The van der Waals surface area contributed by atoms with Gasteiger partial charge in [-0.05, 0) is 62.8 Å².